The lowest BCUT2D eigenvalue weighted by atomic mass is 10.2. The van der Waals surface area contributed by atoms with Crippen LogP contribution in [0.2, 0.25) is 0 Å². The van der Waals surface area contributed by atoms with Gasteiger partial charge >= 0.3 is 5.97 Å². The van der Waals surface area contributed by atoms with E-state index in [0.717, 1.165) is 0 Å². The van der Waals surface area contributed by atoms with E-state index in [0.29, 0.717) is 5.76 Å². The summed E-state index contributed by atoms with van der Waals surface area (Å²) in [4.78, 5) is 33.8. The topological polar surface area (TPSA) is 102 Å². The summed E-state index contributed by atoms with van der Waals surface area (Å²) < 4.78 is 6.34. The number of pyridine rings is 1. The Balaban J connectivity index is 2.02. The van der Waals surface area contributed by atoms with Gasteiger partial charge in [0.15, 0.2) is 0 Å². The Hall–Kier alpha value is -2.83. The average molecular weight is 276 g/mol. The van der Waals surface area contributed by atoms with Gasteiger partial charge in [0.25, 0.3) is 11.5 Å². The van der Waals surface area contributed by atoms with Crippen molar-refractivity contribution < 1.29 is 19.1 Å². The smallest absolute Gasteiger partial charge is 0.371 e. The van der Waals surface area contributed by atoms with Gasteiger partial charge in [-0.3, -0.25) is 9.59 Å². The zero-order valence-electron chi connectivity index (χ0n) is 10.6. The average Bonchev–Trinajstić information content (AvgIpc) is 2.88. The summed E-state index contributed by atoms with van der Waals surface area (Å²) >= 11 is 0. The van der Waals surface area contributed by atoms with Crippen LogP contribution >= 0.6 is 0 Å². The van der Waals surface area contributed by atoms with Crippen LogP contribution in [-0.4, -0.2) is 21.6 Å². The Morgan fingerprint density at radius 2 is 2.10 bits per heavy atom. The lowest BCUT2D eigenvalue weighted by Gasteiger charge is -2.04. The number of carboxylic acid groups (broad SMARTS) is 1. The number of hydrogen-bond acceptors (Lipinski definition) is 4. The molecule has 2 aromatic rings. The van der Waals surface area contributed by atoms with Crippen LogP contribution < -0.4 is 10.9 Å². The molecular weight excluding hydrogens is 264 g/mol. The molecule has 2 aromatic heterocycles. The third-order valence-corrected chi connectivity index (χ3v) is 2.66. The lowest BCUT2D eigenvalue weighted by Crippen LogP contribution is -2.25. The molecule has 0 aromatic carbocycles. The maximum Gasteiger partial charge on any atom is 0.371 e. The Kier molecular flexibility index (Phi) is 3.69. The number of carbonyl (C=O) groups is 2. The van der Waals surface area contributed by atoms with Crippen LogP contribution in [0.5, 0.6) is 0 Å². The van der Waals surface area contributed by atoms with Gasteiger partial charge in [0, 0.05) is 24.9 Å². The molecule has 20 heavy (non-hydrogen) atoms. The van der Waals surface area contributed by atoms with Gasteiger partial charge in [-0.2, -0.15) is 0 Å². The fourth-order valence-corrected chi connectivity index (χ4v) is 1.55. The molecule has 0 unspecified atom stereocenters. The molecule has 0 aliphatic heterocycles. The highest BCUT2D eigenvalue weighted by molar-refractivity contribution is 5.93. The van der Waals surface area contributed by atoms with Crippen molar-refractivity contribution in [1.82, 2.24) is 9.88 Å². The maximum atomic E-state index is 11.8. The lowest BCUT2D eigenvalue weighted by molar-refractivity contribution is 0.0660. The van der Waals surface area contributed by atoms with Crippen LogP contribution in [0.25, 0.3) is 0 Å². The molecule has 0 saturated carbocycles. The van der Waals surface area contributed by atoms with Crippen LogP contribution in [0.1, 0.15) is 26.7 Å². The van der Waals surface area contributed by atoms with Crippen LogP contribution in [-0.2, 0) is 13.6 Å². The van der Waals surface area contributed by atoms with E-state index < -0.39 is 11.9 Å². The van der Waals surface area contributed by atoms with Gasteiger partial charge in [0.1, 0.15) is 5.76 Å². The van der Waals surface area contributed by atoms with E-state index >= 15 is 0 Å². The first-order chi connectivity index (χ1) is 9.47. The molecule has 0 radical (unpaired) electrons. The number of aromatic carboxylic acids is 1. The Labute approximate surface area is 113 Å². The van der Waals surface area contributed by atoms with E-state index in [4.69, 9.17) is 9.52 Å². The Morgan fingerprint density at radius 1 is 1.35 bits per heavy atom. The van der Waals surface area contributed by atoms with Gasteiger partial charge in [-0.25, -0.2) is 4.79 Å². The minimum absolute atomic E-state index is 0.0430. The number of hydrogen-bond donors (Lipinski definition) is 2. The second-order valence-corrected chi connectivity index (χ2v) is 4.12. The molecular formula is C13H12N2O5. The largest absolute Gasteiger partial charge is 0.475 e. The number of nitrogens with zero attached hydrogens (tertiary/aromatic N) is 1. The normalized spacial score (nSPS) is 10.2. The van der Waals surface area contributed by atoms with Crippen LogP contribution in [0.4, 0.5) is 0 Å². The summed E-state index contributed by atoms with van der Waals surface area (Å²) in [7, 11) is 1.58. The molecule has 2 N–H and O–H groups in total. The number of rotatable bonds is 4. The van der Waals surface area contributed by atoms with Crippen molar-refractivity contribution in [2.24, 2.45) is 7.05 Å². The van der Waals surface area contributed by atoms with E-state index in [-0.39, 0.29) is 23.4 Å². The van der Waals surface area contributed by atoms with Crippen molar-refractivity contribution in [3.63, 3.8) is 0 Å². The third kappa shape index (κ3) is 2.94. The van der Waals surface area contributed by atoms with Gasteiger partial charge in [-0.1, -0.05) is 0 Å². The summed E-state index contributed by atoms with van der Waals surface area (Å²) in [6.45, 7) is 0.0430. The summed E-state index contributed by atoms with van der Waals surface area (Å²) in [5.41, 5.74) is -0.0538. The number of nitrogens with one attached hydrogen (secondary N) is 1. The maximum absolute atomic E-state index is 11.8. The first-order valence-electron chi connectivity index (χ1n) is 5.74. The van der Waals surface area contributed by atoms with Gasteiger partial charge < -0.3 is 19.4 Å². The van der Waals surface area contributed by atoms with Crippen molar-refractivity contribution in [3.8, 4) is 0 Å². The zero-order valence-corrected chi connectivity index (χ0v) is 10.6. The van der Waals surface area contributed by atoms with Crippen molar-refractivity contribution in [3.05, 3.63) is 57.9 Å². The molecule has 0 fully saturated rings. The molecule has 7 heteroatoms. The SMILES string of the molecule is Cn1ccc(C(=O)NCc2ccc(C(=O)O)o2)cc1=O. The predicted octanol–water partition coefficient (Wildman–Crippen LogP) is 0.607. The summed E-state index contributed by atoms with van der Waals surface area (Å²) in [5.74, 6) is -1.48. The minimum atomic E-state index is -1.17. The number of amides is 1. The fourth-order valence-electron chi connectivity index (χ4n) is 1.55. The van der Waals surface area contributed by atoms with Gasteiger partial charge in [-0.05, 0) is 18.2 Å². The monoisotopic (exact) mass is 276 g/mol. The molecule has 0 spiro atoms. The fraction of sp³-hybridized carbons (Fsp3) is 0.154. The number of furan rings is 1. The van der Waals surface area contributed by atoms with Crippen molar-refractivity contribution in [2.45, 2.75) is 6.54 Å². The summed E-state index contributed by atoms with van der Waals surface area (Å²) in [6.07, 6.45) is 1.49. The molecule has 1 amide bonds. The van der Waals surface area contributed by atoms with Gasteiger partial charge in [0.05, 0.1) is 6.54 Å². The summed E-state index contributed by atoms with van der Waals surface area (Å²) in [5, 5.41) is 11.2. The van der Waals surface area contributed by atoms with E-state index in [1.165, 1.54) is 35.0 Å². The third-order valence-electron chi connectivity index (χ3n) is 2.66. The molecule has 2 rings (SSSR count). The van der Waals surface area contributed by atoms with Crippen LogP contribution in [0.15, 0.2) is 39.7 Å². The molecule has 0 aliphatic rings. The highest BCUT2D eigenvalue weighted by Gasteiger charge is 2.11. The van der Waals surface area contributed by atoms with Gasteiger partial charge in [0.2, 0.25) is 5.76 Å². The molecule has 7 nitrogen and oxygen atoms in total. The quantitative estimate of drug-likeness (QED) is 0.851. The minimum Gasteiger partial charge on any atom is -0.475 e. The Bertz CT molecular complexity index is 714. The van der Waals surface area contributed by atoms with E-state index in [1.54, 1.807) is 7.05 Å². The number of aromatic nitrogens is 1. The van der Waals surface area contributed by atoms with Crippen molar-refractivity contribution >= 4 is 11.9 Å². The molecule has 104 valence electrons. The highest BCUT2D eigenvalue weighted by atomic mass is 16.4. The number of carboxylic acids is 1. The van der Waals surface area contributed by atoms with Crippen molar-refractivity contribution in [2.75, 3.05) is 0 Å². The van der Waals surface area contributed by atoms with Crippen LogP contribution in [0.3, 0.4) is 0 Å². The standard InChI is InChI=1S/C13H12N2O5/c1-15-5-4-8(6-11(15)16)12(17)14-7-9-2-3-10(20-9)13(18)19/h2-6H,7H2,1H3,(H,14,17)(H,18,19). The second-order valence-electron chi connectivity index (χ2n) is 4.12. The number of aryl methyl sites for hydroxylation is 1. The van der Waals surface area contributed by atoms with Crippen LogP contribution in [0, 0.1) is 0 Å². The van der Waals surface area contributed by atoms with E-state index in [9.17, 15) is 14.4 Å². The first-order valence-corrected chi connectivity index (χ1v) is 5.74. The molecule has 2 heterocycles. The second kappa shape index (κ2) is 5.43. The number of carbonyl (C=O) groups excluding carboxylic acids is 1. The molecule has 0 saturated heterocycles. The molecule has 0 atom stereocenters. The van der Waals surface area contributed by atoms with E-state index in [2.05, 4.69) is 5.32 Å². The molecule has 0 aliphatic carbocycles. The highest BCUT2D eigenvalue weighted by Crippen LogP contribution is 2.07. The predicted molar refractivity (Wildman–Crippen MR) is 68.5 cm³/mol. The van der Waals surface area contributed by atoms with Crippen molar-refractivity contribution in [1.29, 1.82) is 0 Å². The molecule has 0 bridgehead atoms. The Morgan fingerprint density at radius 3 is 2.70 bits per heavy atom. The zero-order chi connectivity index (χ0) is 14.7. The van der Waals surface area contributed by atoms with E-state index in [1.807, 2.05) is 0 Å². The first kappa shape index (κ1) is 13.6. The van der Waals surface area contributed by atoms with Gasteiger partial charge in [-0.15, -0.1) is 0 Å². The summed E-state index contributed by atoms with van der Waals surface area (Å²) in [6, 6.07) is 5.51.